The van der Waals surface area contributed by atoms with Gasteiger partial charge < -0.3 is 4.74 Å². The summed E-state index contributed by atoms with van der Waals surface area (Å²) < 4.78 is 33.1. The fourth-order valence-corrected chi connectivity index (χ4v) is 4.99. The van der Waals surface area contributed by atoms with Crippen LogP contribution in [0.3, 0.4) is 0 Å². The van der Waals surface area contributed by atoms with Crippen molar-refractivity contribution < 1.29 is 13.2 Å². The van der Waals surface area contributed by atoms with Gasteiger partial charge in [-0.15, -0.1) is 0 Å². The molecule has 0 radical (unpaired) electrons. The van der Waals surface area contributed by atoms with Crippen molar-refractivity contribution in [3.05, 3.63) is 23.8 Å². The van der Waals surface area contributed by atoms with Gasteiger partial charge in [-0.1, -0.05) is 27.2 Å². The summed E-state index contributed by atoms with van der Waals surface area (Å²) in [4.78, 5) is 0.374. The van der Waals surface area contributed by atoms with E-state index in [0.29, 0.717) is 36.4 Å². The number of hydrogen-bond donors (Lipinski definition) is 0. The lowest BCUT2D eigenvalue weighted by Gasteiger charge is -2.34. The number of rotatable bonds is 6. The van der Waals surface area contributed by atoms with Gasteiger partial charge in [0.1, 0.15) is 5.75 Å². The molecule has 5 heteroatoms. The zero-order valence-electron chi connectivity index (χ0n) is 14.7. The molecule has 0 N–H and O–H groups in total. The predicted molar refractivity (Wildman–Crippen MR) is 93.3 cm³/mol. The molecule has 1 heterocycles. The van der Waals surface area contributed by atoms with E-state index in [-0.39, 0.29) is 0 Å². The maximum absolute atomic E-state index is 12.9. The Bertz CT molecular complexity index is 617. The largest absolute Gasteiger partial charge is 0.493 e. The van der Waals surface area contributed by atoms with Crippen LogP contribution in [0.25, 0.3) is 0 Å². The molecule has 0 aromatic heterocycles. The Hall–Kier alpha value is -1.07. The standard InChI is InChI=1S/C18H29NO3S/c1-5-6-9-22-18-8-7-17(11-16(18)4)23(20,21)19-12-14(2)10-15(3)13-19/h7-8,11,14-15H,5-6,9-10,12-13H2,1-4H3/t14-,15-/m0/s1. The molecule has 1 fully saturated rings. The van der Waals surface area contributed by atoms with E-state index in [1.54, 1.807) is 22.5 Å². The van der Waals surface area contributed by atoms with Crippen molar-refractivity contribution in [2.24, 2.45) is 11.8 Å². The highest BCUT2D eigenvalue weighted by Crippen LogP contribution is 2.29. The van der Waals surface area contributed by atoms with Crippen LogP contribution in [0.15, 0.2) is 23.1 Å². The van der Waals surface area contributed by atoms with Gasteiger partial charge in [0.25, 0.3) is 0 Å². The lowest BCUT2D eigenvalue weighted by Crippen LogP contribution is -2.42. The number of ether oxygens (including phenoxy) is 1. The molecule has 2 atom stereocenters. The summed E-state index contributed by atoms with van der Waals surface area (Å²) in [5, 5.41) is 0. The Morgan fingerprint density at radius 2 is 1.87 bits per heavy atom. The summed E-state index contributed by atoms with van der Waals surface area (Å²) in [7, 11) is -3.41. The van der Waals surface area contributed by atoms with Crippen molar-refractivity contribution in [3.8, 4) is 5.75 Å². The van der Waals surface area contributed by atoms with Crippen LogP contribution >= 0.6 is 0 Å². The first-order chi connectivity index (χ1) is 10.8. The monoisotopic (exact) mass is 339 g/mol. The second-order valence-corrected chi connectivity index (χ2v) is 8.84. The van der Waals surface area contributed by atoms with Crippen molar-refractivity contribution in [2.45, 2.75) is 51.9 Å². The number of hydrogen-bond acceptors (Lipinski definition) is 3. The summed E-state index contributed by atoms with van der Waals surface area (Å²) in [6.07, 6.45) is 3.18. The van der Waals surface area contributed by atoms with E-state index in [9.17, 15) is 8.42 Å². The second-order valence-electron chi connectivity index (χ2n) is 6.90. The first kappa shape index (κ1) is 18.3. The summed E-state index contributed by atoms with van der Waals surface area (Å²) in [6.45, 7) is 10.2. The van der Waals surface area contributed by atoms with Crippen LogP contribution in [0.2, 0.25) is 0 Å². The van der Waals surface area contributed by atoms with E-state index in [0.717, 1.165) is 30.6 Å². The second kappa shape index (κ2) is 7.67. The SMILES string of the molecule is CCCCOc1ccc(S(=O)(=O)N2C[C@@H](C)C[C@H](C)C2)cc1C. The lowest BCUT2D eigenvalue weighted by atomic mass is 9.94. The molecule has 0 saturated carbocycles. The normalized spacial score (nSPS) is 23.0. The number of nitrogens with zero attached hydrogens (tertiary/aromatic N) is 1. The minimum absolute atomic E-state index is 0.374. The third-order valence-electron chi connectivity index (χ3n) is 4.37. The van der Waals surface area contributed by atoms with E-state index >= 15 is 0 Å². The molecule has 23 heavy (non-hydrogen) atoms. The quantitative estimate of drug-likeness (QED) is 0.740. The van der Waals surface area contributed by atoms with Gasteiger partial charge in [0, 0.05) is 13.1 Å². The van der Waals surface area contributed by atoms with Gasteiger partial charge in [-0.25, -0.2) is 8.42 Å². The zero-order valence-corrected chi connectivity index (χ0v) is 15.5. The average molecular weight is 340 g/mol. The number of sulfonamides is 1. The van der Waals surface area contributed by atoms with Crippen LogP contribution in [0.1, 0.15) is 45.6 Å². The number of aryl methyl sites for hydroxylation is 1. The third-order valence-corrected chi connectivity index (χ3v) is 6.20. The van der Waals surface area contributed by atoms with Crippen LogP contribution in [0.4, 0.5) is 0 Å². The molecule has 1 aliphatic rings. The molecular weight excluding hydrogens is 310 g/mol. The Labute approximate surface area is 140 Å². The fraction of sp³-hybridized carbons (Fsp3) is 0.667. The maximum Gasteiger partial charge on any atom is 0.243 e. The van der Waals surface area contributed by atoms with Gasteiger partial charge in [0.15, 0.2) is 0 Å². The Balaban J connectivity index is 2.18. The Kier molecular flexibility index (Phi) is 6.09. The fourth-order valence-electron chi connectivity index (χ4n) is 3.22. The molecule has 1 aromatic carbocycles. The molecule has 130 valence electrons. The highest BCUT2D eigenvalue weighted by Gasteiger charge is 2.31. The highest BCUT2D eigenvalue weighted by molar-refractivity contribution is 7.89. The van der Waals surface area contributed by atoms with Crippen molar-refractivity contribution in [3.63, 3.8) is 0 Å². The van der Waals surface area contributed by atoms with E-state index < -0.39 is 10.0 Å². The smallest absolute Gasteiger partial charge is 0.243 e. The van der Waals surface area contributed by atoms with Gasteiger partial charge in [-0.3, -0.25) is 0 Å². The van der Waals surface area contributed by atoms with E-state index in [4.69, 9.17) is 4.74 Å². The van der Waals surface area contributed by atoms with Crippen LogP contribution in [-0.4, -0.2) is 32.4 Å². The molecule has 0 unspecified atom stereocenters. The van der Waals surface area contributed by atoms with Crippen molar-refractivity contribution in [1.29, 1.82) is 0 Å². The molecule has 0 bridgehead atoms. The molecule has 0 aliphatic carbocycles. The van der Waals surface area contributed by atoms with E-state index in [1.807, 2.05) is 6.92 Å². The summed E-state index contributed by atoms with van der Waals surface area (Å²) in [5.74, 6) is 1.59. The van der Waals surface area contributed by atoms with Crippen molar-refractivity contribution in [1.82, 2.24) is 4.31 Å². The highest BCUT2D eigenvalue weighted by atomic mass is 32.2. The first-order valence-corrected chi connectivity index (χ1v) is 10.0. The molecule has 4 nitrogen and oxygen atoms in total. The molecule has 0 spiro atoms. The van der Waals surface area contributed by atoms with Gasteiger partial charge in [-0.05, 0) is 55.4 Å². The van der Waals surface area contributed by atoms with E-state index in [1.165, 1.54) is 0 Å². The molecular formula is C18H29NO3S. The molecule has 1 saturated heterocycles. The zero-order chi connectivity index (χ0) is 17.0. The lowest BCUT2D eigenvalue weighted by molar-refractivity contribution is 0.222. The summed E-state index contributed by atoms with van der Waals surface area (Å²) in [5.41, 5.74) is 0.875. The van der Waals surface area contributed by atoms with Gasteiger partial charge >= 0.3 is 0 Å². The van der Waals surface area contributed by atoms with Crippen LogP contribution in [0, 0.1) is 18.8 Å². The van der Waals surface area contributed by atoms with Gasteiger partial charge in [0.05, 0.1) is 11.5 Å². The Morgan fingerprint density at radius 3 is 2.43 bits per heavy atom. The third kappa shape index (κ3) is 4.48. The van der Waals surface area contributed by atoms with Gasteiger partial charge in [0.2, 0.25) is 10.0 Å². The van der Waals surface area contributed by atoms with Crippen LogP contribution < -0.4 is 4.74 Å². The van der Waals surface area contributed by atoms with Crippen molar-refractivity contribution in [2.75, 3.05) is 19.7 Å². The molecule has 1 aromatic rings. The molecule has 2 rings (SSSR count). The summed E-state index contributed by atoms with van der Waals surface area (Å²) >= 11 is 0. The van der Waals surface area contributed by atoms with Crippen LogP contribution in [-0.2, 0) is 10.0 Å². The molecule has 1 aliphatic heterocycles. The maximum atomic E-state index is 12.9. The van der Waals surface area contributed by atoms with Gasteiger partial charge in [-0.2, -0.15) is 4.31 Å². The minimum atomic E-state index is -3.41. The minimum Gasteiger partial charge on any atom is -0.493 e. The average Bonchev–Trinajstić information content (AvgIpc) is 2.48. The topological polar surface area (TPSA) is 46.6 Å². The number of unbranched alkanes of at least 4 members (excludes halogenated alkanes) is 1. The molecule has 0 amide bonds. The Morgan fingerprint density at radius 1 is 1.22 bits per heavy atom. The summed E-state index contributed by atoms with van der Waals surface area (Å²) in [6, 6.07) is 5.20. The predicted octanol–water partition coefficient (Wildman–Crippen LogP) is 3.84. The van der Waals surface area contributed by atoms with E-state index in [2.05, 4.69) is 20.8 Å². The number of benzene rings is 1. The number of piperidine rings is 1. The van der Waals surface area contributed by atoms with Crippen molar-refractivity contribution >= 4 is 10.0 Å². The first-order valence-electron chi connectivity index (χ1n) is 8.58. The van der Waals surface area contributed by atoms with Crippen LogP contribution in [0.5, 0.6) is 5.75 Å².